The maximum Gasteiger partial charge on any atom is 0.223 e. The van der Waals surface area contributed by atoms with Gasteiger partial charge in [-0.1, -0.05) is 35.9 Å². The predicted octanol–water partition coefficient (Wildman–Crippen LogP) is 5.15. The third kappa shape index (κ3) is 2.62. The molecule has 1 aromatic heterocycles. The van der Waals surface area contributed by atoms with Gasteiger partial charge in [-0.15, -0.1) is 0 Å². The van der Waals surface area contributed by atoms with Crippen LogP contribution in [-0.4, -0.2) is 9.97 Å². The summed E-state index contributed by atoms with van der Waals surface area (Å²) in [6.07, 6.45) is 0. The molecule has 0 spiro atoms. The van der Waals surface area contributed by atoms with E-state index in [1.165, 1.54) is 0 Å². The van der Waals surface area contributed by atoms with Crippen molar-refractivity contribution in [3.05, 3.63) is 57.9 Å². The zero-order valence-corrected chi connectivity index (χ0v) is 12.9. The monoisotopic (exact) mass is 348 g/mol. The van der Waals surface area contributed by atoms with Gasteiger partial charge in [0.25, 0.3) is 0 Å². The van der Waals surface area contributed by atoms with Crippen molar-refractivity contribution in [2.75, 3.05) is 0 Å². The number of rotatable bonds is 2. The minimum Gasteiger partial charge on any atom is -0.438 e. The van der Waals surface area contributed by atoms with Gasteiger partial charge in [0.2, 0.25) is 5.88 Å². The van der Waals surface area contributed by atoms with Crippen LogP contribution in [0.25, 0.3) is 10.8 Å². The van der Waals surface area contributed by atoms with E-state index in [1.807, 2.05) is 43.3 Å². The second-order valence-electron chi connectivity index (χ2n) is 4.27. The number of ether oxygens (including phenoxy) is 1. The second kappa shape index (κ2) is 5.38. The molecule has 0 aliphatic heterocycles. The first-order chi connectivity index (χ1) is 9.63. The molecule has 0 bridgehead atoms. The molecule has 20 heavy (non-hydrogen) atoms. The van der Waals surface area contributed by atoms with Crippen LogP contribution in [0.1, 0.15) is 5.82 Å². The number of halogens is 2. The van der Waals surface area contributed by atoms with Crippen molar-refractivity contribution in [1.29, 1.82) is 0 Å². The van der Waals surface area contributed by atoms with E-state index >= 15 is 0 Å². The Labute approximate surface area is 129 Å². The zero-order chi connectivity index (χ0) is 14.1. The fourth-order valence-electron chi connectivity index (χ4n) is 1.99. The molecule has 1 heterocycles. The van der Waals surface area contributed by atoms with Crippen molar-refractivity contribution < 1.29 is 4.74 Å². The molecule has 0 amide bonds. The molecular weight excluding hydrogens is 340 g/mol. The lowest BCUT2D eigenvalue weighted by Gasteiger charge is -2.09. The number of hydrogen-bond donors (Lipinski definition) is 0. The molecule has 100 valence electrons. The number of benzene rings is 2. The first-order valence-electron chi connectivity index (χ1n) is 6.00. The third-order valence-electron chi connectivity index (χ3n) is 2.83. The highest BCUT2D eigenvalue weighted by atomic mass is 79.9. The van der Waals surface area contributed by atoms with Gasteiger partial charge in [-0.05, 0) is 35.0 Å². The second-order valence-corrected chi connectivity index (χ2v) is 5.49. The van der Waals surface area contributed by atoms with E-state index in [9.17, 15) is 0 Å². The van der Waals surface area contributed by atoms with Crippen LogP contribution < -0.4 is 4.74 Å². The zero-order valence-electron chi connectivity index (χ0n) is 10.6. The smallest absolute Gasteiger partial charge is 0.223 e. The lowest BCUT2D eigenvalue weighted by atomic mass is 10.1. The minimum absolute atomic E-state index is 0.497. The molecule has 3 rings (SSSR count). The van der Waals surface area contributed by atoms with Crippen LogP contribution in [0.15, 0.2) is 47.1 Å². The fourth-order valence-corrected chi connectivity index (χ4v) is 2.67. The summed E-state index contributed by atoms with van der Waals surface area (Å²) in [7, 11) is 0. The molecular formula is C15H10BrClN2O. The van der Waals surface area contributed by atoms with Crippen LogP contribution in [0, 0.1) is 6.92 Å². The third-order valence-corrected chi connectivity index (χ3v) is 3.56. The van der Waals surface area contributed by atoms with E-state index in [2.05, 4.69) is 25.9 Å². The topological polar surface area (TPSA) is 35.0 Å². The number of aryl methyl sites for hydroxylation is 1. The molecule has 0 atom stereocenters. The quantitative estimate of drug-likeness (QED) is 0.600. The standard InChI is InChI=1S/C15H10BrClN2O/c1-9-18-14(16)8-15(19-9)20-13-7-6-12(17)10-4-2-3-5-11(10)13/h2-8H,1H3. The Balaban J connectivity index is 2.09. The van der Waals surface area contributed by atoms with Crippen LogP contribution in [0.2, 0.25) is 5.02 Å². The van der Waals surface area contributed by atoms with E-state index < -0.39 is 0 Å². The molecule has 0 saturated carbocycles. The van der Waals surface area contributed by atoms with Gasteiger partial charge in [0.1, 0.15) is 16.2 Å². The molecule has 0 aliphatic carbocycles. The van der Waals surface area contributed by atoms with Gasteiger partial charge >= 0.3 is 0 Å². The van der Waals surface area contributed by atoms with Crippen molar-refractivity contribution in [2.45, 2.75) is 6.92 Å². The van der Waals surface area contributed by atoms with Crippen LogP contribution >= 0.6 is 27.5 Å². The fraction of sp³-hybridized carbons (Fsp3) is 0.0667. The van der Waals surface area contributed by atoms with Crippen LogP contribution in [-0.2, 0) is 0 Å². The van der Waals surface area contributed by atoms with E-state index in [1.54, 1.807) is 6.07 Å². The maximum atomic E-state index is 6.19. The Kier molecular flexibility index (Phi) is 3.59. The van der Waals surface area contributed by atoms with Crippen molar-refractivity contribution in [1.82, 2.24) is 9.97 Å². The highest BCUT2D eigenvalue weighted by molar-refractivity contribution is 9.10. The molecule has 0 fully saturated rings. The molecule has 5 heteroatoms. The number of nitrogens with zero attached hydrogens (tertiary/aromatic N) is 2. The Hall–Kier alpha value is -1.65. The lowest BCUT2D eigenvalue weighted by Crippen LogP contribution is -1.94. The number of aromatic nitrogens is 2. The van der Waals surface area contributed by atoms with Crippen LogP contribution in [0.4, 0.5) is 0 Å². The van der Waals surface area contributed by atoms with E-state index in [0.717, 1.165) is 16.5 Å². The molecule has 0 saturated heterocycles. The molecule has 0 aliphatic rings. The van der Waals surface area contributed by atoms with Gasteiger partial charge in [-0.3, -0.25) is 0 Å². The Morgan fingerprint density at radius 2 is 1.80 bits per heavy atom. The van der Waals surface area contributed by atoms with Crippen molar-refractivity contribution >= 4 is 38.3 Å². The predicted molar refractivity (Wildman–Crippen MR) is 83.5 cm³/mol. The van der Waals surface area contributed by atoms with Gasteiger partial charge < -0.3 is 4.74 Å². The minimum atomic E-state index is 0.497. The average Bonchev–Trinajstić information content (AvgIpc) is 2.41. The van der Waals surface area contributed by atoms with Gasteiger partial charge in [-0.25, -0.2) is 4.98 Å². The summed E-state index contributed by atoms with van der Waals surface area (Å²) in [6, 6.07) is 13.2. The summed E-state index contributed by atoms with van der Waals surface area (Å²) in [4.78, 5) is 8.42. The molecule has 0 unspecified atom stereocenters. The summed E-state index contributed by atoms with van der Waals surface area (Å²) in [5.41, 5.74) is 0. The highest BCUT2D eigenvalue weighted by Crippen LogP contribution is 2.33. The summed E-state index contributed by atoms with van der Waals surface area (Å²) >= 11 is 9.53. The van der Waals surface area contributed by atoms with Gasteiger partial charge in [0.15, 0.2) is 0 Å². The van der Waals surface area contributed by atoms with Crippen molar-refractivity contribution in [3.63, 3.8) is 0 Å². The molecule has 0 N–H and O–H groups in total. The Morgan fingerprint density at radius 3 is 2.55 bits per heavy atom. The largest absolute Gasteiger partial charge is 0.438 e. The summed E-state index contributed by atoms with van der Waals surface area (Å²) in [5, 5.41) is 2.61. The average molecular weight is 350 g/mol. The van der Waals surface area contributed by atoms with Gasteiger partial charge in [0, 0.05) is 21.9 Å². The number of hydrogen-bond acceptors (Lipinski definition) is 3. The summed E-state index contributed by atoms with van der Waals surface area (Å²) in [6.45, 7) is 1.82. The van der Waals surface area contributed by atoms with Crippen LogP contribution in [0.5, 0.6) is 11.6 Å². The molecule has 0 radical (unpaired) electrons. The summed E-state index contributed by atoms with van der Waals surface area (Å²) in [5.74, 6) is 1.86. The normalized spacial score (nSPS) is 10.8. The van der Waals surface area contributed by atoms with Crippen LogP contribution in [0.3, 0.4) is 0 Å². The lowest BCUT2D eigenvalue weighted by molar-refractivity contribution is 0.464. The molecule has 3 aromatic rings. The highest BCUT2D eigenvalue weighted by Gasteiger charge is 2.08. The molecule has 2 aromatic carbocycles. The first-order valence-corrected chi connectivity index (χ1v) is 7.17. The first kappa shape index (κ1) is 13.3. The van der Waals surface area contributed by atoms with Gasteiger partial charge in [0.05, 0.1) is 0 Å². The SMILES string of the molecule is Cc1nc(Br)cc(Oc2ccc(Cl)c3ccccc23)n1. The van der Waals surface area contributed by atoms with E-state index in [-0.39, 0.29) is 0 Å². The Morgan fingerprint density at radius 1 is 1.05 bits per heavy atom. The Bertz CT molecular complexity index is 772. The summed E-state index contributed by atoms with van der Waals surface area (Å²) < 4.78 is 6.56. The maximum absolute atomic E-state index is 6.19. The van der Waals surface area contributed by atoms with Crippen molar-refractivity contribution in [3.8, 4) is 11.6 Å². The number of fused-ring (bicyclic) bond motifs is 1. The molecule has 3 nitrogen and oxygen atoms in total. The van der Waals surface area contributed by atoms with E-state index in [4.69, 9.17) is 16.3 Å². The van der Waals surface area contributed by atoms with Crippen molar-refractivity contribution in [2.24, 2.45) is 0 Å². The van der Waals surface area contributed by atoms with Gasteiger partial charge in [-0.2, -0.15) is 4.98 Å². The van der Waals surface area contributed by atoms with E-state index in [0.29, 0.717) is 21.3 Å².